The molecule has 1 aromatic carbocycles. The summed E-state index contributed by atoms with van der Waals surface area (Å²) in [6, 6.07) is 9.04. The Balaban J connectivity index is 2.56. The van der Waals surface area contributed by atoms with Crippen LogP contribution in [0.2, 0.25) is 0 Å². The number of ether oxygens (including phenoxy) is 3. The van der Waals surface area contributed by atoms with Gasteiger partial charge >= 0.3 is 11.9 Å². The van der Waals surface area contributed by atoms with Crippen molar-refractivity contribution in [3.63, 3.8) is 0 Å². The molecule has 9 heteroatoms. The minimum absolute atomic E-state index is 0.0848. The molecule has 0 bridgehead atoms. The van der Waals surface area contributed by atoms with Gasteiger partial charge in [0.2, 0.25) is 5.91 Å². The Morgan fingerprint density at radius 2 is 1.83 bits per heavy atom. The molecular formula is C21H24N2O6S. The summed E-state index contributed by atoms with van der Waals surface area (Å²) in [6.45, 7) is 5.84. The van der Waals surface area contributed by atoms with Gasteiger partial charge in [0.15, 0.2) is 0 Å². The molecule has 1 heterocycles. The van der Waals surface area contributed by atoms with Crippen molar-refractivity contribution in [2.24, 2.45) is 5.92 Å². The number of carbonyl (C=O) groups excluding carboxylic acids is 3. The Labute approximate surface area is 179 Å². The lowest BCUT2D eigenvalue weighted by molar-refractivity contribution is -0.153. The lowest BCUT2D eigenvalue weighted by Gasteiger charge is -2.31. The van der Waals surface area contributed by atoms with Crippen molar-refractivity contribution in [2.45, 2.75) is 26.7 Å². The molecule has 1 aliphatic rings. The summed E-state index contributed by atoms with van der Waals surface area (Å²) >= 11 is 0.984. The van der Waals surface area contributed by atoms with Gasteiger partial charge in [-0.2, -0.15) is 5.26 Å². The van der Waals surface area contributed by atoms with Gasteiger partial charge in [0.25, 0.3) is 0 Å². The Kier molecular flexibility index (Phi) is 8.74. The Bertz CT molecular complexity index is 876. The van der Waals surface area contributed by atoms with E-state index in [0.717, 1.165) is 11.8 Å². The highest BCUT2D eigenvalue weighted by Gasteiger charge is 2.45. The van der Waals surface area contributed by atoms with Crippen LogP contribution in [0, 0.1) is 17.2 Å². The van der Waals surface area contributed by atoms with Crippen molar-refractivity contribution in [2.75, 3.05) is 25.6 Å². The fourth-order valence-electron chi connectivity index (χ4n) is 3.12. The maximum absolute atomic E-state index is 12.9. The zero-order chi connectivity index (χ0) is 22.1. The topological polar surface area (TPSA) is 115 Å². The molecule has 1 aromatic rings. The van der Waals surface area contributed by atoms with Crippen LogP contribution in [0.5, 0.6) is 5.75 Å². The van der Waals surface area contributed by atoms with Gasteiger partial charge in [0.1, 0.15) is 11.7 Å². The fourth-order valence-corrected chi connectivity index (χ4v) is 3.97. The van der Waals surface area contributed by atoms with E-state index < -0.39 is 29.7 Å². The first-order valence-electron chi connectivity index (χ1n) is 9.60. The van der Waals surface area contributed by atoms with Crippen LogP contribution in [0.25, 0.3) is 0 Å². The normalized spacial score (nSPS) is 18.3. The third kappa shape index (κ3) is 5.33. The molecule has 0 aliphatic carbocycles. The highest BCUT2D eigenvalue weighted by molar-refractivity contribution is 8.03. The number of carbonyl (C=O) groups is 3. The monoisotopic (exact) mass is 432 g/mol. The van der Waals surface area contributed by atoms with Crippen LogP contribution in [0.3, 0.4) is 0 Å². The summed E-state index contributed by atoms with van der Waals surface area (Å²) in [5.41, 5.74) is 0.687. The van der Waals surface area contributed by atoms with Gasteiger partial charge in [-0.1, -0.05) is 30.0 Å². The van der Waals surface area contributed by atoms with Gasteiger partial charge in [-0.3, -0.25) is 14.4 Å². The van der Waals surface area contributed by atoms with Gasteiger partial charge in [0.05, 0.1) is 42.2 Å². The summed E-state index contributed by atoms with van der Waals surface area (Å²) in [4.78, 5) is 37.3. The highest BCUT2D eigenvalue weighted by atomic mass is 32.2. The lowest BCUT2D eigenvalue weighted by atomic mass is 9.78. The van der Waals surface area contributed by atoms with Gasteiger partial charge in [-0.05, 0) is 26.8 Å². The number of esters is 2. The van der Waals surface area contributed by atoms with Crippen molar-refractivity contribution in [1.29, 1.82) is 5.26 Å². The van der Waals surface area contributed by atoms with E-state index in [-0.39, 0.29) is 29.6 Å². The second-order valence-corrected chi connectivity index (χ2v) is 7.10. The minimum Gasteiger partial charge on any atom is -0.494 e. The van der Waals surface area contributed by atoms with E-state index in [4.69, 9.17) is 14.2 Å². The molecule has 2 atom stereocenters. The van der Waals surface area contributed by atoms with Gasteiger partial charge < -0.3 is 19.5 Å². The number of nitrogens with one attached hydrogen (secondary N) is 1. The first-order chi connectivity index (χ1) is 14.5. The van der Waals surface area contributed by atoms with Crippen LogP contribution in [-0.4, -0.2) is 43.4 Å². The zero-order valence-corrected chi connectivity index (χ0v) is 17.9. The maximum Gasteiger partial charge on any atom is 0.319 e. The number of rotatable bonds is 9. The summed E-state index contributed by atoms with van der Waals surface area (Å²) in [6.07, 6.45) is 0. The molecule has 0 saturated heterocycles. The summed E-state index contributed by atoms with van der Waals surface area (Å²) in [7, 11) is 0. The van der Waals surface area contributed by atoms with Crippen LogP contribution in [0.1, 0.15) is 32.3 Å². The van der Waals surface area contributed by atoms with E-state index in [1.54, 1.807) is 38.1 Å². The number of amides is 1. The summed E-state index contributed by atoms with van der Waals surface area (Å²) < 4.78 is 15.7. The van der Waals surface area contributed by atoms with Gasteiger partial charge in [-0.15, -0.1) is 0 Å². The number of nitriles is 1. The van der Waals surface area contributed by atoms with Gasteiger partial charge in [0, 0.05) is 11.5 Å². The smallest absolute Gasteiger partial charge is 0.319 e. The fraction of sp³-hybridized carbons (Fsp3) is 0.429. The molecular weight excluding hydrogens is 408 g/mol. The molecule has 0 fully saturated rings. The van der Waals surface area contributed by atoms with Crippen molar-refractivity contribution >= 4 is 29.6 Å². The quantitative estimate of drug-likeness (QED) is 0.468. The molecule has 0 saturated carbocycles. The highest BCUT2D eigenvalue weighted by Crippen LogP contribution is 2.43. The zero-order valence-electron chi connectivity index (χ0n) is 17.1. The molecule has 8 nitrogen and oxygen atoms in total. The Morgan fingerprint density at radius 3 is 2.47 bits per heavy atom. The minimum atomic E-state index is -1.26. The van der Waals surface area contributed by atoms with E-state index in [2.05, 4.69) is 11.4 Å². The Hall–Kier alpha value is -2.99. The van der Waals surface area contributed by atoms with E-state index in [1.807, 2.05) is 6.92 Å². The molecule has 0 unspecified atom stereocenters. The van der Waals surface area contributed by atoms with Crippen LogP contribution < -0.4 is 10.1 Å². The molecule has 1 aliphatic heterocycles. The Morgan fingerprint density at radius 1 is 1.13 bits per heavy atom. The van der Waals surface area contributed by atoms with Crippen molar-refractivity contribution < 1.29 is 28.6 Å². The van der Waals surface area contributed by atoms with E-state index in [0.29, 0.717) is 17.9 Å². The average molecular weight is 432 g/mol. The predicted molar refractivity (Wildman–Crippen MR) is 110 cm³/mol. The van der Waals surface area contributed by atoms with E-state index in [1.165, 1.54) is 0 Å². The van der Waals surface area contributed by atoms with E-state index >= 15 is 0 Å². The standard InChI is InChI=1S/C21H24N2O6S/c1-4-27-15-10-8-7-9-13(15)17-14(11-22)20(30-12-16(24)28-5-2)23-19(25)18(17)21(26)29-6-3/h7-10,17-18H,4-6,12H2,1-3H3,(H,23,25)/t17-,18-/m0/s1. The van der Waals surface area contributed by atoms with Crippen LogP contribution in [0.15, 0.2) is 34.9 Å². The lowest BCUT2D eigenvalue weighted by Crippen LogP contribution is -2.44. The number of hydrogen-bond donors (Lipinski definition) is 1. The summed E-state index contributed by atoms with van der Waals surface area (Å²) in [5.74, 6) is -3.58. The molecule has 0 aromatic heterocycles. The molecule has 2 rings (SSSR count). The predicted octanol–water partition coefficient (Wildman–Crippen LogP) is 2.51. The van der Waals surface area contributed by atoms with Crippen LogP contribution >= 0.6 is 11.8 Å². The van der Waals surface area contributed by atoms with Crippen molar-refractivity contribution in [3.8, 4) is 11.8 Å². The first kappa shape index (κ1) is 23.3. The number of hydrogen-bond acceptors (Lipinski definition) is 8. The number of benzene rings is 1. The molecule has 1 amide bonds. The van der Waals surface area contributed by atoms with Crippen molar-refractivity contribution in [3.05, 3.63) is 40.4 Å². The van der Waals surface area contributed by atoms with Gasteiger partial charge in [-0.25, -0.2) is 0 Å². The third-order valence-electron chi connectivity index (χ3n) is 4.26. The molecule has 0 spiro atoms. The number of para-hydroxylation sites is 1. The number of thioether (sulfide) groups is 1. The average Bonchev–Trinajstić information content (AvgIpc) is 2.72. The number of allylic oxidation sites excluding steroid dienone is 1. The van der Waals surface area contributed by atoms with Crippen molar-refractivity contribution in [1.82, 2.24) is 5.32 Å². The molecule has 0 radical (unpaired) electrons. The molecule has 30 heavy (non-hydrogen) atoms. The largest absolute Gasteiger partial charge is 0.494 e. The first-order valence-corrected chi connectivity index (χ1v) is 10.6. The molecule has 160 valence electrons. The SMILES string of the molecule is CCOC(=O)CSC1=C(C#N)[C@H](c2ccccc2OCC)[C@H](C(=O)OCC)C(=O)N1. The van der Waals surface area contributed by atoms with Crippen LogP contribution in [-0.2, 0) is 23.9 Å². The third-order valence-corrected chi connectivity index (χ3v) is 5.25. The second-order valence-electron chi connectivity index (χ2n) is 6.12. The van der Waals surface area contributed by atoms with E-state index in [9.17, 15) is 19.6 Å². The number of nitrogens with zero attached hydrogens (tertiary/aromatic N) is 1. The molecule has 1 N–H and O–H groups in total. The van der Waals surface area contributed by atoms with Crippen LogP contribution in [0.4, 0.5) is 0 Å². The second kappa shape index (κ2) is 11.3. The summed E-state index contributed by atoms with van der Waals surface area (Å²) in [5, 5.41) is 12.7. The maximum atomic E-state index is 12.9.